The number of likely N-dealkylation sites (N-methyl/N-ethyl adjacent to an activating group) is 1. The summed E-state index contributed by atoms with van der Waals surface area (Å²) in [5, 5.41) is 8.45. The molecule has 0 atom stereocenters. The number of hydrogen-bond donors (Lipinski definition) is 3. The van der Waals surface area contributed by atoms with Crippen LogP contribution in [0.4, 0.5) is 5.69 Å². The predicted molar refractivity (Wildman–Crippen MR) is 96.3 cm³/mol. The lowest BCUT2D eigenvalue weighted by Crippen LogP contribution is -2.41. The second-order valence-electron chi connectivity index (χ2n) is 6.74. The van der Waals surface area contributed by atoms with Crippen molar-refractivity contribution in [2.24, 2.45) is 0 Å². The van der Waals surface area contributed by atoms with Crippen molar-refractivity contribution >= 4 is 23.4 Å². The SMILES string of the molecule is CC(C)NC(=O)CN(C)CC(=O)Nc1ccccc1C(=O)NC1CC1. The van der Waals surface area contributed by atoms with Gasteiger partial charge in [0.2, 0.25) is 11.8 Å². The molecule has 0 saturated heterocycles. The summed E-state index contributed by atoms with van der Waals surface area (Å²) in [4.78, 5) is 37.8. The zero-order valence-electron chi connectivity index (χ0n) is 15.0. The second-order valence-corrected chi connectivity index (χ2v) is 6.74. The Labute approximate surface area is 148 Å². The molecular formula is C18H26N4O3. The molecule has 0 aromatic heterocycles. The van der Waals surface area contributed by atoms with E-state index < -0.39 is 0 Å². The molecule has 25 heavy (non-hydrogen) atoms. The maximum absolute atomic E-state index is 12.2. The van der Waals surface area contributed by atoms with Gasteiger partial charge in [0.1, 0.15) is 0 Å². The maximum atomic E-state index is 12.2. The average molecular weight is 346 g/mol. The van der Waals surface area contributed by atoms with E-state index in [-0.39, 0.29) is 42.9 Å². The van der Waals surface area contributed by atoms with Crippen molar-refractivity contribution in [2.45, 2.75) is 38.8 Å². The highest BCUT2D eigenvalue weighted by Gasteiger charge is 2.25. The summed E-state index contributed by atoms with van der Waals surface area (Å²) in [5.74, 6) is -0.580. The van der Waals surface area contributed by atoms with Crippen LogP contribution >= 0.6 is 0 Å². The lowest BCUT2D eigenvalue weighted by Gasteiger charge is -2.17. The molecule has 0 radical (unpaired) electrons. The minimum absolute atomic E-state index is 0.0596. The monoisotopic (exact) mass is 346 g/mol. The van der Waals surface area contributed by atoms with Gasteiger partial charge in [-0.2, -0.15) is 0 Å². The van der Waals surface area contributed by atoms with Crippen molar-refractivity contribution in [3.8, 4) is 0 Å². The van der Waals surface area contributed by atoms with Crippen molar-refractivity contribution in [3.05, 3.63) is 29.8 Å². The molecule has 1 aromatic carbocycles. The van der Waals surface area contributed by atoms with Crippen LogP contribution in [0.5, 0.6) is 0 Å². The zero-order chi connectivity index (χ0) is 18.4. The predicted octanol–water partition coefficient (Wildman–Crippen LogP) is 0.974. The molecule has 7 heteroatoms. The van der Waals surface area contributed by atoms with Crippen LogP contribution in [0.15, 0.2) is 24.3 Å². The van der Waals surface area contributed by atoms with Crippen LogP contribution in [0, 0.1) is 0 Å². The zero-order valence-corrected chi connectivity index (χ0v) is 15.0. The van der Waals surface area contributed by atoms with Gasteiger partial charge in [-0.3, -0.25) is 19.3 Å². The Morgan fingerprint density at radius 1 is 1.12 bits per heavy atom. The number of para-hydroxylation sites is 1. The molecule has 1 aliphatic rings. The molecule has 7 nitrogen and oxygen atoms in total. The topological polar surface area (TPSA) is 90.5 Å². The van der Waals surface area contributed by atoms with Gasteiger partial charge < -0.3 is 16.0 Å². The smallest absolute Gasteiger partial charge is 0.253 e. The molecule has 1 fully saturated rings. The number of nitrogens with zero attached hydrogens (tertiary/aromatic N) is 1. The third-order valence-electron chi connectivity index (χ3n) is 3.64. The molecule has 1 aliphatic carbocycles. The van der Waals surface area contributed by atoms with E-state index in [0.717, 1.165) is 12.8 Å². The van der Waals surface area contributed by atoms with Gasteiger partial charge in [0.15, 0.2) is 0 Å². The average Bonchev–Trinajstić information content (AvgIpc) is 3.30. The van der Waals surface area contributed by atoms with E-state index in [1.165, 1.54) is 0 Å². The van der Waals surface area contributed by atoms with Crippen LogP contribution in [0.1, 0.15) is 37.0 Å². The fourth-order valence-electron chi connectivity index (χ4n) is 2.38. The number of carbonyl (C=O) groups excluding carboxylic acids is 3. The summed E-state index contributed by atoms with van der Waals surface area (Å²) in [6.45, 7) is 3.96. The summed E-state index contributed by atoms with van der Waals surface area (Å²) in [6.07, 6.45) is 2.01. The summed E-state index contributed by atoms with van der Waals surface area (Å²) >= 11 is 0. The van der Waals surface area contributed by atoms with Gasteiger partial charge in [0, 0.05) is 12.1 Å². The van der Waals surface area contributed by atoms with E-state index in [1.54, 1.807) is 36.2 Å². The Morgan fingerprint density at radius 3 is 2.40 bits per heavy atom. The van der Waals surface area contributed by atoms with Gasteiger partial charge in [-0.1, -0.05) is 12.1 Å². The van der Waals surface area contributed by atoms with Crippen LogP contribution in [0.25, 0.3) is 0 Å². The molecule has 3 N–H and O–H groups in total. The van der Waals surface area contributed by atoms with E-state index in [9.17, 15) is 14.4 Å². The number of nitrogens with one attached hydrogen (secondary N) is 3. The first kappa shape index (κ1) is 18.9. The molecular weight excluding hydrogens is 320 g/mol. The van der Waals surface area contributed by atoms with Crippen LogP contribution in [0.3, 0.4) is 0 Å². The van der Waals surface area contributed by atoms with Crippen molar-refractivity contribution in [2.75, 3.05) is 25.5 Å². The third-order valence-corrected chi connectivity index (χ3v) is 3.64. The molecule has 2 rings (SSSR count). The van der Waals surface area contributed by atoms with E-state index in [2.05, 4.69) is 16.0 Å². The summed E-state index contributed by atoms with van der Waals surface area (Å²) in [6, 6.07) is 7.23. The molecule has 1 aromatic rings. The van der Waals surface area contributed by atoms with Crippen LogP contribution < -0.4 is 16.0 Å². The highest BCUT2D eigenvalue weighted by molar-refractivity contribution is 6.04. The minimum atomic E-state index is -0.272. The van der Waals surface area contributed by atoms with E-state index in [1.807, 2.05) is 13.8 Å². The van der Waals surface area contributed by atoms with E-state index in [4.69, 9.17) is 0 Å². The maximum Gasteiger partial charge on any atom is 0.253 e. The number of amides is 3. The minimum Gasteiger partial charge on any atom is -0.353 e. The van der Waals surface area contributed by atoms with Gasteiger partial charge in [-0.05, 0) is 45.9 Å². The number of rotatable bonds is 8. The lowest BCUT2D eigenvalue weighted by atomic mass is 10.1. The fourth-order valence-corrected chi connectivity index (χ4v) is 2.38. The van der Waals surface area contributed by atoms with Crippen molar-refractivity contribution in [1.82, 2.24) is 15.5 Å². The number of carbonyl (C=O) groups is 3. The Bertz CT molecular complexity index is 641. The summed E-state index contributed by atoms with van der Waals surface area (Å²) < 4.78 is 0. The summed E-state index contributed by atoms with van der Waals surface area (Å²) in [5.41, 5.74) is 0.925. The first-order valence-electron chi connectivity index (χ1n) is 8.53. The Morgan fingerprint density at radius 2 is 1.76 bits per heavy atom. The van der Waals surface area contributed by atoms with Gasteiger partial charge in [0.05, 0.1) is 24.3 Å². The van der Waals surface area contributed by atoms with E-state index in [0.29, 0.717) is 11.3 Å². The van der Waals surface area contributed by atoms with Gasteiger partial charge in [0.25, 0.3) is 5.91 Å². The number of benzene rings is 1. The van der Waals surface area contributed by atoms with Crippen LogP contribution in [-0.4, -0.2) is 54.8 Å². The largest absolute Gasteiger partial charge is 0.353 e. The highest BCUT2D eigenvalue weighted by atomic mass is 16.2. The molecule has 0 aliphatic heterocycles. The first-order valence-corrected chi connectivity index (χ1v) is 8.53. The molecule has 136 valence electrons. The van der Waals surface area contributed by atoms with Crippen molar-refractivity contribution in [3.63, 3.8) is 0 Å². The van der Waals surface area contributed by atoms with Gasteiger partial charge in [-0.15, -0.1) is 0 Å². The molecule has 0 heterocycles. The van der Waals surface area contributed by atoms with Crippen LogP contribution in [0.2, 0.25) is 0 Å². The van der Waals surface area contributed by atoms with Gasteiger partial charge in [-0.25, -0.2) is 0 Å². The van der Waals surface area contributed by atoms with Gasteiger partial charge >= 0.3 is 0 Å². The van der Waals surface area contributed by atoms with Crippen LogP contribution in [-0.2, 0) is 9.59 Å². The molecule has 3 amide bonds. The van der Waals surface area contributed by atoms with Crippen molar-refractivity contribution < 1.29 is 14.4 Å². The molecule has 1 saturated carbocycles. The number of anilines is 1. The first-order chi connectivity index (χ1) is 11.8. The molecule has 0 bridgehead atoms. The second kappa shape index (κ2) is 8.62. The standard InChI is InChI=1S/C18H26N4O3/c1-12(2)19-16(23)10-22(3)11-17(24)21-15-7-5-4-6-14(15)18(25)20-13-8-9-13/h4-7,12-13H,8-11H2,1-3H3,(H,19,23)(H,20,25)(H,21,24). The molecule has 0 unspecified atom stereocenters. The fraction of sp³-hybridized carbons (Fsp3) is 0.500. The third kappa shape index (κ3) is 6.54. The normalized spacial score (nSPS) is 13.6. The quantitative estimate of drug-likeness (QED) is 0.654. The Kier molecular flexibility index (Phi) is 6.52. The Hall–Kier alpha value is -2.41. The summed E-state index contributed by atoms with van der Waals surface area (Å²) in [7, 11) is 1.70. The van der Waals surface area contributed by atoms with E-state index >= 15 is 0 Å². The lowest BCUT2D eigenvalue weighted by molar-refractivity contribution is -0.123. The number of hydrogen-bond acceptors (Lipinski definition) is 4. The highest BCUT2D eigenvalue weighted by Crippen LogP contribution is 2.21. The molecule has 0 spiro atoms. The Balaban J connectivity index is 1.89. The van der Waals surface area contributed by atoms with Crippen molar-refractivity contribution in [1.29, 1.82) is 0 Å².